The number of hydrogen-bond donors (Lipinski definition) is 2. The molecule has 0 saturated carbocycles. The highest BCUT2D eigenvalue weighted by Gasteiger charge is 2.10. The first-order valence-electron chi connectivity index (χ1n) is 6.50. The summed E-state index contributed by atoms with van der Waals surface area (Å²) in [5.41, 5.74) is 0. The summed E-state index contributed by atoms with van der Waals surface area (Å²) in [4.78, 5) is 25.3. The molecule has 2 amide bonds. The Hall–Kier alpha value is 0.340. The molecule has 1 heterocycles. The van der Waals surface area contributed by atoms with E-state index in [-0.39, 0.29) is 19.2 Å². The minimum Gasteiger partial charge on any atom is -0.341 e. The van der Waals surface area contributed by atoms with E-state index in [2.05, 4.69) is 25.3 Å². The van der Waals surface area contributed by atoms with E-state index in [4.69, 9.17) is 0 Å². The van der Waals surface area contributed by atoms with Crippen molar-refractivity contribution in [3.05, 3.63) is 0 Å². The van der Waals surface area contributed by atoms with Crippen molar-refractivity contribution in [2.24, 2.45) is 0 Å². The van der Waals surface area contributed by atoms with Crippen LogP contribution in [0.4, 0.5) is 0 Å². The van der Waals surface area contributed by atoms with Crippen LogP contribution in [-0.4, -0.2) is 70.8 Å². The highest BCUT2D eigenvalue weighted by molar-refractivity contribution is 8.76. The van der Waals surface area contributed by atoms with Crippen LogP contribution in [-0.2, 0) is 9.59 Å². The van der Waals surface area contributed by atoms with Crippen molar-refractivity contribution >= 4 is 58.7 Å². The van der Waals surface area contributed by atoms with Crippen molar-refractivity contribution in [3.63, 3.8) is 0 Å². The van der Waals surface area contributed by atoms with Gasteiger partial charge < -0.3 is 9.80 Å². The largest absolute Gasteiger partial charge is 0.341 e. The molecule has 0 atom stereocenters. The Morgan fingerprint density at radius 2 is 1.48 bits per heavy atom. The molecule has 0 unspecified atom stereocenters. The molecule has 1 aliphatic heterocycles. The van der Waals surface area contributed by atoms with Crippen LogP contribution in [0.25, 0.3) is 0 Å². The molecule has 0 aromatic carbocycles. The van der Waals surface area contributed by atoms with E-state index in [9.17, 15) is 9.59 Å². The monoisotopic (exact) mass is 372 g/mol. The van der Waals surface area contributed by atoms with E-state index in [1.54, 1.807) is 18.7 Å². The van der Waals surface area contributed by atoms with E-state index in [0.717, 1.165) is 37.7 Å². The average molecular weight is 373 g/mol. The molecule has 1 fully saturated rings. The van der Waals surface area contributed by atoms with Gasteiger partial charge in [0.15, 0.2) is 0 Å². The molecule has 0 aromatic rings. The summed E-state index contributed by atoms with van der Waals surface area (Å²) in [5.74, 6) is 3.89. The molecule has 126 valence electrons. The third kappa shape index (κ3) is 12.6. The van der Waals surface area contributed by atoms with Crippen LogP contribution in [0.3, 0.4) is 0 Å². The van der Waals surface area contributed by atoms with Crippen molar-refractivity contribution in [1.82, 2.24) is 9.80 Å². The van der Waals surface area contributed by atoms with Crippen molar-refractivity contribution in [2.45, 2.75) is 21.3 Å². The number of amides is 2. The predicted molar refractivity (Wildman–Crippen MR) is 104 cm³/mol. The summed E-state index contributed by atoms with van der Waals surface area (Å²) in [6, 6.07) is 0. The van der Waals surface area contributed by atoms with E-state index >= 15 is 0 Å². The summed E-state index contributed by atoms with van der Waals surface area (Å²) in [6.45, 7) is 6.49. The summed E-state index contributed by atoms with van der Waals surface area (Å²) < 4.78 is 0. The molecule has 0 spiro atoms. The normalized spacial score (nSPS) is 14.2. The van der Waals surface area contributed by atoms with Crippen LogP contribution in [0.1, 0.15) is 21.3 Å². The van der Waals surface area contributed by atoms with Crippen LogP contribution < -0.4 is 0 Å². The van der Waals surface area contributed by atoms with Crippen LogP contribution in [0.5, 0.6) is 0 Å². The van der Waals surface area contributed by atoms with Gasteiger partial charge in [0.1, 0.15) is 0 Å². The molecular formula is C13H28N2O2S4. The molecule has 8 heteroatoms. The van der Waals surface area contributed by atoms with Crippen molar-refractivity contribution in [3.8, 4) is 0 Å². The Bertz CT molecular complexity index is 267. The first-order valence-corrected chi connectivity index (χ1v) is 10.2. The Labute approximate surface area is 148 Å². The van der Waals surface area contributed by atoms with Gasteiger partial charge in [0.25, 0.3) is 0 Å². The average Bonchev–Trinajstić information content (AvgIpc) is 2.68. The molecule has 0 bridgehead atoms. The summed E-state index contributed by atoms with van der Waals surface area (Å²) in [7, 11) is 3.72. The smallest absolute Gasteiger partial charge is 0.219 e. The zero-order chi connectivity index (χ0) is 15.4. The second-order valence-corrected chi connectivity index (χ2v) is 7.70. The van der Waals surface area contributed by atoms with E-state index in [0.29, 0.717) is 11.5 Å². The molecular weight excluding hydrogens is 344 g/mol. The van der Waals surface area contributed by atoms with Gasteiger partial charge in [0.2, 0.25) is 11.8 Å². The zero-order valence-electron chi connectivity index (χ0n) is 12.1. The molecule has 1 rings (SSSR count). The number of nitrogens with zero attached hydrogens (tertiary/aromatic N) is 2. The molecule has 0 aromatic heterocycles. The number of rotatable bonds is 4. The summed E-state index contributed by atoms with van der Waals surface area (Å²) in [5, 5.41) is 0. The Kier molecular flexibility index (Phi) is 17.1. The second-order valence-electron chi connectivity index (χ2n) is 4.10. The van der Waals surface area contributed by atoms with Crippen molar-refractivity contribution < 1.29 is 9.59 Å². The highest BCUT2D eigenvalue weighted by Crippen LogP contribution is 2.23. The molecule has 4 nitrogen and oxygen atoms in total. The fourth-order valence-corrected chi connectivity index (χ4v) is 3.97. The van der Waals surface area contributed by atoms with Gasteiger partial charge in [-0.15, -0.1) is 0 Å². The summed E-state index contributed by atoms with van der Waals surface area (Å²) >= 11 is 8.06. The van der Waals surface area contributed by atoms with E-state index in [1.807, 2.05) is 26.5 Å². The molecule has 21 heavy (non-hydrogen) atoms. The van der Waals surface area contributed by atoms with Crippen LogP contribution in [0.15, 0.2) is 0 Å². The lowest BCUT2D eigenvalue weighted by Gasteiger charge is -2.18. The fourth-order valence-electron chi connectivity index (χ4n) is 1.51. The zero-order valence-corrected chi connectivity index (χ0v) is 15.5. The maximum Gasteiger partial charge on any atom is 0.219 e. The van der Waals surface area contributed by atoms with Gasteiger partial charge in [0.05, 0.1) is 0 Å². The minimum absolute atomic E-state index is 0. The van der Waals surface area contributed by atoms with Gasteiger partial charge in [0, 0.05) is 63.0 Å². The minimum atomic E-state index is 0. The van der Waals surface area contributed by atoms with Crippen LogP contribution in [0.2, 0.25) is 0 Å². The molecule has 1 saturated heterocycles. The van der Waals surface area contributed by atoms with Gasteiger partial charge >= 0.3 is 0 Å². The fraction of sp³-hybridized carbons (Fsp3) is 0.846. The van der Waals surface area contributed by atoms with Gasteiger partial charge in [-0.2, -0.15) is 25.3 Å². The van der Waals surface area contributed by atoms with E-state index in [1.165, 1.54) is 0 Å². The van der Waals surface area contributed by atoms with Crippen molar-refractivity contribution in [1.29, 1.82) is 0 Å². The van der Waals surface area contributed by atoms with Gasteiger partial charge in [-0.05, 0) is 0 Å². The number of hydrogen-bond acceptors (Lipinski definition) is 6. The van der Waals surface area contributed by atoms with E-state index < -0.39 is 0 Å². The number of carbonyl (C=O) groups is 2. The topological polar surface area (TPSA) is 40.6 Å². The number of carbonyl (C=O) groups excluding carboxylic acids is 2. The lowest BCUT2D eigenvalue weighted by atomic mass is 10.5. The standard InChI is InChI=1S/C6H11NOS2.C6H13NOS2.CH4/c1-6(8)7-2-4-9-10-5-3-7;1-6(8)7(2-4-9)3-5-10;/h2-5H2,1H3;9-10H,2-5H2,1H3;1H4. The van der Waals surface area contributed by atoms with Gasteiger partial charge in [-0.3, -0.25) is 9.59 Å². The quantitative estimate of drug-likeness (QED) is 0.588. The molecule has 0 radical (unpaired) electrons. The molecule has 0 aliphatic carbocycles. The lowest BCUT2D eigenvalue weighted by molar-refractivity contribution is -0.129. The van der Waals surface area contributed by atoms with Crippen LogP contribution >= 0.6 is 46.8 Å². The third-order valence-electron chi connectivity index (χ3n) is 2.60. The predicted octanol–water partition coefficient (Wildman–Crippen LogP) is 2.56. The van der Waals surface area contributed by atoms with Crippen molar-refractivity contribution in [2.75, 3.05) is 49.2 Å². The third-order valence-corrected chi connectivity index (χ3v) is 5.37. The summed E-state index contributed by atoms with van der Waals surface area (Å²) in [6.07, 6.45) is 0. The Morgan fingerprint density at radius 3 is 1.76 bits per heavy atom. The first kappa shape index (κ1) is 23.6. The van der Waals surface area contributed by atoms with Crippen LogP contribution in [0, 0.1) is 0 Å². The Morgan fingerprint density at radius 1 is 1.05 bits per heavy atom. The lowest BCUT2D eigenvalue weighted by Crippen LogP contribution is -2.32. The molecule has 1 aliphatic rings. The van der Waals surface area contributed by atoms with Gasteiger partial charge in [-0.1, -0.05) is 29.0 Å². The maximum absolute atomic E-state index is 10.9. The number of thiol groups is 2. The van der Waals surface area contributed by atoms with Gasteiger partial charge in [-0.25, -0.2) is 0 Å². The second kappa shape index (κ2) is 15.2. The maximum atomic E-state index is 10.9. The first-order chi connectivity index (χ1) is 9.52. The SMILES string of the molecule is C.CC(=O)N(CCS)CCS.CC(=O)N1CCSSCC1. The highest BCUT2D eigenvalue weighted by atomic mass is 33.1. The molecule has 0 N–H and O–H groups in total. The Balaban J connectivity index is 0.